The summed E-state index contributed by atoms with van der Waals surface area (Å²) in [5.41, 5.74) is 7.88. The number of aromatic nitrogens is 1. The Morgan fingerprint density at radius 3 is 2.44 bits per heavy atom. The zero-order chi connectivity index (χ0) is 23.1. The van der Waals surface area contributed by atoms with Gasteiger partial charge in [0.05, 0.1) is 11.1 Å². The van der Waals surface area contributed by atoms with Crippen molar-refractivity contribution in [2.45, 2.75) is 11.4 Å². The minimum Gasteiger partial charge on any atom is -0.478 e. The van der Waals surface area contributed by atoms with Gasteiger partial charge in [0, 0.05) is 23.4 Å². The molecule has 0 spiro atoms. The first-order valence-corrected chi connectivity index (χ1v) is 10.4. The predicted octanol–water partition coefficient (Wildman–Crippen LogP) is 3.89. The molecule has 0 bridgehead atoms. The van der Waals surface area contributed by atoms with E-state index in [9.17, 15) is 20.1 Å². The highest BCUT2D eigenvalue weighted by Crippen LogP contribution is 2.35. The number of carboxylic acid groups (broad SMARTS) is 1. The number of hydrogen-bond donors (Lipinski definition) is 3. The quantitative estimate of drug-likeness (QED) is 0.465. The third-order valence-corrected chi connectivity index (χ3v) is 5.42. The summed E-state index contributed by atoms with van der Waals surface area (Å²) in [6.45, 7) is 0. The van der Waals surface area contributed by atoms with Crippen molar-refractivity contribution in [1.29, 1.82) is 10.5 Å². The van der Waals surface area contributed by atoms with E-state index in [0.717, 1.165) is 0 Å². The van der Waals surface area contributed by atoms with E-state index in [1.807, 2.05) is 12.1 Å². The lowest BCUT2D eigenvalue weighted by molar-refractivity contribution is -0.115. The number of amides is 1. The van der Waals surface area contributed by atoms with Crippen LogP contribution >= 0.6 is 11.8 Å². The van der Waals surface area contributed by atoms with Crippen LogP contribution in [0.15, 0.2) is 59.6 Å². The molecule has 0 aliphatic rings. The zero-order valence-corrected chi connectivity index (χ0v) is 17.5. The number of anilines is 2. The molecule has 0 fully saturated rings. The standard InChI is InChI=1S/C23H17N5O3S/c24-12-17-20(14-5-2-1-3-6-14)18(13-25)22(28-21(17)26)32-10-9-19(29)27-16-8-4-7-15(11-16)23(30)31/h1-8,11H,9-10H2,(H2,26,28)(H,27,29)(H,30,31). The van der Waals surface area contributed by atoms with Crippen molar-refractivity contribution in [3.8, 4) is 23.3 Å². The summed E-state index contributed by atoms with van der Waals surface area (Å²) in [6, 6.07) is 19.1. The molecular formula is C23H17N5O3S. The molecule has 0 unspecified atom stereocenters. The van der Waals surface area contributed by atoms with E-state index in [2.05, 4.69) is 16.4 Å². The summed E-state index contributed by atoms with van der Waals surface area (Å²) in [5, 5.41) is 31.3. The van der Waals surface area contributed by atoms with Crippen molar-refractivity contribution >= 4 is 35.1 Å². The molecule has 158 valence electrons. The van der Waals surface area contributed by atoms with Gasteiger partial charge in [0.2, 0.25) is 5.91 Å². The van der Waals surface area contributed by atoms with Gasteiger partial charge in [-0.25, -0.2) is 9.78 Å². The number of nitriles is 2. The molecule has 0 saturated heterocycles. The molecule has 1 heterocycles. The SMILES string of the molecule is N#Cc1c(N)nc(SCCC(=O)Nc2cccc(C(=O)O)c2)c(C#N)c1-c1ccccc1. The van der Waals surface area contributed by atoms with Gasteiger partial charge >= 0.3 is 5.97 Å². The molecular weight excluding hydrogens is 426 g/mol. The first-order valence-electron chi connectivity index (χ1n) is 9.39. The van der Waals surface area contributed by atoms with E-state index in [-0.39, 0.29) is 34.8 Å². The van der Waals surface area contributed by atoms with E-state index >= 15 is 0 Å². The fourth-order valence-corrected chi connectivity index (χ4v) is 3.93. The highest BCUT2D eigenvalue weighted by Gasteiger charge is 2.20. The van der Waals surface area contributed by atoms with Crippen LogP contribution in [0.3, 0.4) is 0 Å². The van der Waals surface area contributed by atoms with Crippen molar-refractivity contribution in [3.05, 3.63) is 71.3 Å². The van der Waals surface area contributed by atoms with Gasteiger partial charge in [0.15, 0.2) is 0 Å². The fraction of sp³-hybridized carbons (Fsp3) is 0.0870. The lowest BCUT2D eigenvalue weighted by atomic mass is 9.97. The minimum absolute atomic E-state index is 0.0165. The van der Waals surface area contributed by atoms with E-state index in [4.69, 9.17) is 10.8 Å². The summed E-state index contributed by atoms with van der Waals surface area (Å²) in [4.78, 5) is 27.5. The van der Waals surface area contributed by atoms with Gasteiger partial charge < -0.3 is 16.2 Å². The summed E-state index contributed by atoms with van der Waals surface area (Å²) in [5.74, 6) is -1.09. The van der Waals surface area contributed by atoms with E-state index in [1.165, 1.54) is 23.9 Å². The van der Waals surface area contributed by atoms with Gasteiger partial charge in [-0.05, 0) is 23.8 Å². The highest BCUT2D eigenvalue weighted by molar-refractivity contribution is 7.99. The van der Waals surface area contributed by atoms with E-state index in [0.29, 0.717) is 27.6 Å². The Balaban J connectivity index is 1.77. The molecule has 0 aliphatic heterocycles. The van der Waals surface area contributed by atoms with Gasteiger partial charge in [-0.1, -0.05) is 36.4 Å². The van der Waals surface area contributed by atoms with Crippen LogP contribution in [0, 0.1) is 22.7 Å². The summed E-state index contributed by atoms with van der Waals surface area (Å²) in [6.07, 6.45) is 0.0924. The third kappa shape index (κ3) is 5.04. The number of nitrogens with two attached hydrogens (primary N) is 1. The van der Waals surface area contributed by atoms with Gasteiger partial charge in [-0.3, -0.25) is 4.79 Å². The number of pyridine rings is 1. The number of thioether (sulfide) groups is 1. The topological polar surface area (TPSA) is 153 Å². The lowest BCUT2D eigenvalue weighted by Crippen LogP contribution is -2.13. The molecule has 4 N–H and O–H groups in total. The number of hydrogen-bond acceptors (Lipinski definition) is 7. The van der Waals surface area contributed by atoms with Crippen LogP contribution in [0.25, 0.3) is 11.1 Å². The van der Waals surface area contributed by atoms with E-state index < -0.39 is 5.97 Å². The maximum atomic E-state index is 12.3. The number of carbonyl (C=O) groups is 2. The van der Waals surface area contributed by atoms with Crippen molar-refractivity contribution in [2.75, 3.05) is 16.8 Å². The summed E-state index contributed by atoms with van der Waals surface area (Å²) in [7, 11) is 0. The molecule has 0 atom stereocenters. The fourth-order valence-electron chi connectivity index (χ4n) is 2.99. The van der Waals surface area contributed by atoms with Crippen LogP contribution in [0.4, 0.5) is 11.5 Å². The van der Waals surface area contributed by atoms with Crippen LogP contribution < -0.4 is 11.1 Å². The second-order valence-corrected chi connectivity index (χ2v) is 7.63. The second kappa shape index (κ2) is 10.1. The molecule has 0 aliphatic carbocycles. The number of aromatic carboxylic acids is 1. The molecule has 0 radical (unpaired) electrons. The number of benzene rings is 2. The Bertz CT molecular complexity index is 1260. The Labute approximate surface area is 188 Å². The van der Waals surface area contributed by atoms with Gasteiger partial charge in [-0.2, -0.15) is 10.5 Å². The third-order valence-electron chi connectivity index (χ3n) is 4.44. The van der Waals surface area contributed by atoms with Gasteiger partial charge in [0.25, 0.3) is 0 Å². The summed E-state index contributed by atoms with van der Waals surface area (Å²) >= 11 is 1.18. The monoisotopic (exact) mass is 443 g/mol. The number of carbonyl (C=O) groups excluding carboxylic acids is 1. The van der Waals surface area contributed by atoms with Gasteiger partial charge in [-0.15, -0.1) is 11.8 Å². The molecule has 3 aromatic rings. The van der Waals surface area contributed by atoms with Crippen molar-refractivity contribution in [3.63, 3.8) is 0 Å². The maximum Gasteiger partial charge on any atom is 0.335 e. The zero-order valence-electron chi connectivity index (χ0n) is 16.7. The molecule has 32 heavy (non-hydrogen) atoms. The lowest BCUT2D eigenvalue weighted by Gasteiger charge is -2.13. The largest absolute Gasteiger partial charge is 0.478 e. The Morgan fingerprint density at radius 1 is 1.06 bits per heavy atom. The average Bonchev–Trinajstić information content (AvgIpc) is 2.79. The summed E-state index contributed by atoms with van der Waals surface area (Å²) < 4.78 is 0. The molecule has 8 nitrogen and oxygen atoms in total. The average molecular weight is 443 g/mol. The molecule has 3 rings (SSSR count). The van der Waals surface area contributed by atoms with E-state index in [1.54, 1.807) is 36.4 Å². The van der Waals surface area contributed by atoms with Crippen LogP contribution in [0.5, 0.6) is 0 Å². The molecule has 1 aromatic heterocycles. The Hall–Kier alpha value is -4.34. The van der Waals surface area contributed by atoms with Crippen molar-refractivity contribution in [1.82, 2.24) is 4.98 Å². The number of carboxylic acids is 1. The second-order valence-electron chi connectivity index (χ2n) is 6.55. The van der Waals surface area contributed by atoms with Crippen LogP contribution in [0.2, 0.25) is 0 Å². The molecule has 9 heteroatoms. The Morgan fingerprint density at radius 2 is 1.78 bits per heavy atom. The number of nitrogens with one attached hydrogen (secondary N) is 1. The van der Waals surface area contributed by atoms with Crippen molar-refractivity contribution in [2.24, 2.45) is 0 Å². The Kier molecular flexibility index (Phi) is 7.06. The normalized spacial score (nSPS) is 10.1. The number of nitrogen functional groups attached to an aromatic ring is 1. The minimum atomic E-state index is -1.08. The molecule has 1 amide bonds. The number of nitrogens with zero attached hydrogens (tertiary/aromatic N) is 3. The predicted molar refractivity (Wildman–Crippen MR) is 121 cm³/mol. The highest BCUT2D eigenvalue weighted by atomic mass is 32.2. The first kappa shape index (κ1) is 22.3. The molecule has 2 aromatic carbocycles. The first-order chi connectivity index (χ1) is 15.4. The molecule has 0 saturated carbocycles. The van der Waals surface area contributed by atoms with Crippen LogP contribution in [-0.4, -0.2) is 27.7 Å². The smallest absolute Gasteiger partial charge is 0.335 e. The van der Waals surface area contributed by atoms with Gasteiger partial charge in [0.1, 0.15) is 28.5 Å². The maximum absolute atomic E-state index is 12.3. The van der Waals surface area contributed by atoms with Crippen LogP contribution in [-0.2, 0) is 4.79 Å². The van der Waals surface area contributed by atoms with Crippen molar-refractivity contribution < 1.29 is 14.7 Å². The van der Waals surface area contributed by atoms with Crippen LogP contribution in [0.1, 0.15) is 27.9 Å². The number of rotatable bonds is 7.